The van der Waals surface area contributed by atoms with Gasteiger partial charge in [0, 0.05) is 5.56 Å². The topological polar surface area (TPSA) is 115 Å². The molecule has 9 nitrogen and oxygen atoms in total. The van der Waals surface area contributed by atoms with Crippen LogP contribution in [0.2, 0.25) is 0 Å². The van der Waals surface area contributed by atoms with Crippen molar-refractivity contribution in [1.29, 1.82) is 0 Å². The zero-order chi connectivity index (χ0) is 26.0. The minimum Gasteiger partial charge on any atom is -0.507 e. The van der Waals surface area contributed by atoms with Gasteiger partial charge in [-0.2, -0.15) is 0 Å². The number of hydrogen-bond acceptors (Lipinski definition) is 9. The van der Waals surface area contributed by atoms with E-state index in [0.717, 1.165) is 11.3 Å². The summed E-state index contributed by atoms with van der Waals surface area (Å²) in [6.45, 7) is 3.95. The Morgan fingerprint density at radius 2 is 1.69 bits per heavy atom. The summed E-state index contributed by atoms with van der Waals surface area (Å²) < 4.78 is 15.5. The molecule has 0 radical (unpaired) electrons. The maximum absolute atomic E-state index is 13.3. The van der Waals surface area contributed by atoms with E-state index in [4.69, 9.17) is 14.2 Å². The number of aromatic nitrogens is 1. The van der Waals surface area contributed by atoms with Gasteiger partial charge in [-0.1, -0.05) is 23.5 Å². The highest BCUT2D eigenvalue weighted by molar-refractivity contribution is 7.17. The highest BCUT2D eigenvalue weighted by atomic mass is 32.1. The third kappa shape index (κ3) is 4.42. The number of aliphatic hydroxyl groups is 1. The van der Waals surface area contributed by atoms with E-state index in [-0.39, 0.29) is 21.3 Å². The lowest BCUT2D eigenvalue weighted by Gasteiger charge is -2.23. The lowest BCUT2D eigenvalue weighted by molar-refractivity contribution is -0.132. The third-order valence-electron chi connectivity index (χ3n) is 5.68. The summed E-state index contributed by atoms with van der Waals surface area (Å²) in [6.07, 6.45) is 0. The Morgan fingerprint density at radius 3 is 2.28 bits per heavy atom. The van der Waals surface area contributed by atoms with Crippen LogP contribution in [0, 0.1) is 6.92 Å². The summed E-state index contributed by atoms with van der Waals surface area (Å²) in [7, 11) is 2.78. The maximum Gasteiger partial charge on any atom is 0.350 e. The van der Waals surface area contributed by atoms with Crippen molar-refractivity contribution in [2.24, 2.45) is 0 Å². The normalized spacial score (nSPS) is 16.8. The lowest BCUT2D eigenvalue weighted by Crippen LogP contribution is -2.29. The monoisotopic (exact) mass is 508 g/mol. The van der Waals surface area contributed by atoms with Gasteiger partial charge in [0.2, 0.25) is 0 Å². The van der Waals surface area contributed by atoms with Crippen LogP contribution in [0.25, 0.3) is 5.76 Å². The van der Waals surface area contributed by atoms with Gasteiger partial charge in [0.15, 0.2) is 5.13 Å². The molecule has 186 valence electrons. The number of aliphatic hydroxyl groups excluding tert-OH is 1. The lowest BCUT2D eigenvalue weighted by atomic mass is 9.95. The fourth-order valence-electron chi connectivity index (χ4n) is 3.93. The number of esters is 1. The average molecular weight is 509 g/mol. The Labute approximate surface area is 211 Å². The number of Topliss-reactive ketones (excluding diaryl/α,β-unsaturated/α-hetero) is 1. The number of carbonyl (C=O) groups excluding carboxylic acids is 3. The van der Waals surface area contributed by atoms with Gasteiger partial charge in [0.25, 0.3) is 5.78 Å². The first-order chi connectivity index (χ1) is 17.3. The Kier molecular flexibility index (Phi) is 7.07. The standard InChI is InChI=1S/C26H24N2O7S/c1-5-35-18-12-8-16(9-13-18)21(29)19-20(15-6-10-17(33-3)11-7-15)28(24(31)22(19)30)26-27-14(2)23(36-26)25(32)34-4/h6-13,20,29H,5H2,1-4H3/b21-19+/t20-/m0/s1. The molecule has 1 amide bonds. The van der Waals surface area contributed by atoms with E-state index in [1.54, 1.807) is 55.5 Å². The number of amides is 1. The molecule has 1 aromatic heterocycles. The van der Waals surface area contributed by atoms with Crippen LogP contribution in [0.4, 0.5) is 5.13 Å². The van der Waals surface area contributed by atoms with Gasteiger partial charge < -0.3 is 19.3 Å². The van der Waals surface area contributed by atoms with Gasteiger partial charge in [-0.15, -0.1) is 0 Å². The molecule has 1 aliphatic rings. The molecule has 1 fully saturated rings. The van der Waals surface area contributed by atoms with Crippen molar-refractivity contribution >= 4 is 39.9 Å². The number of rotatable bonds is 7. The second kappa shape index (κ2) is 10.2. The van der Waals surface area contributed by atoms with Gasteiger partial charge in [0.05, 0.1) is 38.1 Å². The van der Waals surface area contributed by atoms with Crippen molar-refractivity contribution in [1.82, 2.24) is 4.98 Å². The van der Waals surface area contributed by atoms with Crippen molar-refractivity contribution < 1.29 is 33.7 Å². The van der Waals surface area contributed by atoms with Gasteiger partial charge in [-0.05, 0) is 55.8 Å². The van der Waals surface area contributed by atoms with Crippen LogP contribution in [-0.2, 0) is 14.3 Å². The minimum atomic E-state index is -0.987. The van der Waals surface area contributed by atoms with Gasteiger partial charge >= 0.3 is 11.9 Å². The van der Waals surface area contributed by atoms with Crippen LogP contribution in [0.15, 0.2) is 54.1 Å². The van der Waals surface area contributed by atoms with Crippen LogP contribution in [0.1, 0.15) is 39.5 Å². The number of thiazole rings is 1. The maximum atomic E-state index is 13.3. The Morgan fingerprint density at radius 1 is 1.06 bits per heavy atom. The van der Waals surface area contributed by atoms with Crippen LogP contribution < -0.4 is 14.4 Å². The predicted octanol–water partition coefficient (Wildman–Crippen LogP) is 4.27. The van der Waals surface area contributed by atoms with E-state index in [1.165, 1.54) is 19.1 Å². The van der Waals surface area contributed by atoms with E-state index in [0.29, 0.717) is 34.9 Å². The fraction of sp³-hybridized carbons (Fsp3) is 0.231. The number of nitrogens with zero attached hydrogens (tertiary/aromatic N) is 2. The summed E-state index contributed by atoms with van der Waals surface area (Å²) in [5.74, 6) is -1.47. The summed E-state index contributed by atoms with van der Waals surface area (Å²) >= 11 is 0.940. The molecule has 1 aliphatic heterocycles. The molecule has 2 heterocycles. The molecule has 0 spiro atoms. The predicted molar refractivity (Wildman–Crippen MR) is 134 cm³/mol. The average Bonchev–Trinajstić information content (AvgIpc) is 3.40. The second-order valence-electron chi connectivity index (χ2n) is 7.80. The van der Waals surface area contributed by atoms with Crippen molar-refractivity contribution in [3.8, 4) is 11.5 Å². The molecule has 3 aromatic rings. The first-order valence-electron chi connectivity index (χ1n) is 11.0. The third-order valence-corrected chi connectivity index (χ3v) is 6.81. The largest absolute Gasteiger partial charge is 0.507 e. The van der Waals surface area contributed by atoms with Crippen LogP contribution in [0.5, 0.6) is 11.5 Å². The van der Waals surface area contributed by atoms with Crippen molar-refractivity contribution in [2.45, 2.75) is 19.9 Å². The second-order valence-corrected chi connectivity index (χ2v) is 8.78. The molecule has 1 atom stereocenters. The molecule has 10 heteroatoms. The van der Waals surface area contributed by atoms with E-state index in [9.17, 15) is 19.5 Å². The molecule has 1 N–H and O–H groups in total. The number of ketones is 1. The van der Waals surface area contributed by atoms with Gasteiger partial charge in [-0.25, -0.2) is 9.78 Å². The Bertz CT molecular complexity index is 1340. The van der Waals surface area contributed by atoms with E-state index < -0.39 is 23.7 Å². The summed E-state index contributed by atoms with van der Waals surface area (Å²) in [5, 5.41) is 11.4. The molecule has 1 saturated heterocycles. The number of aryl methyl sites for hydroxylation is 1. The first kappa shape index (κ1) is 24.9. The van der Waals surface area contributed by atoms with E-state index in [2.05, 4.69) is 4.98 Å². The van der Waals surface area contributed by atoms with Crippen LogP contribution in [-0.4, -0.2) is 48.6 Å². The summed E-state index contributed by atoms with van der Waals surface area (Å²) in [5.41, 5.74) is 1.17. The zero-order valence-corrected chi connectivity index (χ0v) is 20.9. The van der Waals surface area contributed by atoms with Crippen LogP contribution in [0.3, 0.4) is 0 Å². The number of methoxy groups -OCH3 is 2. The highest BCUT2D eigenvalue weighted by Crippen LogP contribution is 2.44. The molecule has 4 rings (SSSR count). The van der Waals surface area contributed by atoms with Crippen molar-refractivity contribution in [3.05, 3.63) is 75.8 Å². The highest BCUT2D eigenvalue weighted by Gasteiger charge is 2.48. The van der Waals surface area contributed by atoms with Gasteiger partial charge in [-0.3, -0.25) is 14.5 Å². The summed E-state index contributed by atoms with van der Waals surface area (Å²) in [4.78, 5) is 44.5. The molecule has 0 bridgehead atoms. The van der Waals surface area contributed by atoms with Crippen LogP contribution >= 0.6 is 11.3 Å². The molecule has 0 saturated carbocycles. The fourth-order valence-corrected chi connectivity index (χ4v) is 4.94. The summed E-state index contributed by atoms with van der Waals surface area (Å²) in [6, 6.07) is 12.4. The SMILES string of the molecule is CCOc1ccc(/C(O)=C2\C(=O)C(=O)N(c3nc(C)c(C(=O)OC)s3)[C@H]2c2ccc(OC)cc2)cc1. The zero-order valence-electron chi connectivity index (χ0n) is 20.1. The first-order valence-corrected chi connectivity index (χ1v) is 11.9. The number of ether oxygens (including phenoxy) is 3. The molecule has 0 unspecified atom stereocenters. The molecule has 2 aromatic carbocycles. The van der Waals surface area contributed by atoms with E-state index >= 15 is 0 Å². The molecular weight excluding hydrogens is 484 g/mol. The number of benzene rings is 2. The van der Waals surface area contributed by atoms with Crippen molar-refractivity contribution in [3.63, 3.8) is 0 Å². The number of anilines is 1. The molecular formula is C26H24N2O7S. The van der Waals surface area contributed by atoms with Gasteiger partial charge in [0.1, 0.15) is 22.1 Å². The molecule has 36 heavy (non-hydrogen) atoms. The quantitative estimate of drug-likeness (QED) is 0.218. The van der Waals surface area contributed by atoms with E-state index in [1.807, 2.05) is 6.92 Å². The Hall–Kier alpha value is -4.18. The number of hydrogen-bond donors (Lipinski definition) is 1. The minimum absolute atomic E-state index is 0.0956. The number of carbonyl (C=O) groups is 3. The Balaban J connectivity index is 1.88. The van der Waals surface area contributed by atoms with Crippen molar-refractivity contribution in [2.75, 3.05) is 25.7 Å². The smallest absolute Gasteiger partial charge is 0.350 e. The molecule has 0 aliphatic carbocycles.